The van der Waals surface area contributed by atoms with Crippen LogP contribution in [-0.4, -0.2) is 35.9 Å². The van der Waals surface area contributed by atoms with Gasteiger partial charge in [0.25, 0.3) is 0 Å². The van der Waals surface area contributed by atoms with Crippen LogP contribution in [0, 0.1) is 0 Å². The molecule has 38 heavy (non-hydrogen) atoms. The van der Waals surface area contributed by atoms with Crippen molar-refractivity contribution in [2.24, 2.45) is 0 Å². The fraction of sp³-hybridized carbons (Fsp3) is 0.355. The van der Waals surface area contributed by atoms with Gasteiger partial charge in [0, 0.05) is 34.6 Å². The van der Waals surface area contributed by atoms with Gasteiger partial charge in [0.05, 0.1) is 13.5 Å². The van der Waals surface area contributed by atoms with Gasteiger partial charge in [-0.2, -0.15) is 0 Å². The van der Waals surface area contributed by atoms with E-state index in [0.717, 1.165) is 42.6 Å². The number of rotatable bonds is 10. The first-order chi connectivity index (χ1) is 18.4. The number of halogens is 2. The topological polar surface area (TPSA) is 58.6 Å². The molecule has 0 unspecified atom stereocenters. The van der Waals surface area contributed by atoms with Crippen LogP contribution in [0.25, 0.3) is 0 Å². The zero-order chi connectivity index (χ0) is 26.9. The predicted molar refractivity (Wildman–Crippen MR) is 153 cm³/mol. The minimum atomic E-state index is -0.725. The van der Waals surface area contributed by atoms with E-state index in [1.807, 2.05) is 54.6 Å². The molecule has 200 valence electrons. The maximum absolute atomic E-state index is 14.0. The summed E-state index contributed by atoms with van der Waals surface area (Å²) in [6.07, 6.45) is 5.83. The minimum absolute atomic E-state index is 0.122. The Morgan fingerprint density at radius 3 is 2.18 bits per heavy atom. The van der Waals surface area contributed by atoms with E-state index in [-0.39, 0.29) is 30.8 Å². The summed E-state index contributed by atoms with van der Waals surface area (Å²) in [5.74, 6) is 0.396. The SMILES string of the molecule is COc1ccc(CC(=O)N(Cc2c(Cl)cccc2Cl)[C@H](Cc2ccccc2)C(=O)NC2CCCCC2)cc1. The number of nitrogens with one attached hydrogen (secondary N) is 1. The lowest BCUT2D eigenvalue weighted by Gasteiger charge is -2.34. The van der Waals surface area contributed by atoms with Crippen molar-refractivity contribution in [3.8, 4) is 5.75 Å². The van der Waals surface area contributed by atoms with Crippen LogP contribution in [0.2, 0.25) is 10.0 Å². The first-order valence-electron chi connectivity index (χ1n) is 13.1. The van der Waals surface area contributed by atoms with Gasteiger partial charge in [0.1, 0.15) is 11.8 Å². The van der Waals surface area contributed by atoms with Crippen LogP contribution in [0.4, 0.5) is 0 Å². The molecule has 0 bridgehead atoms. The van der Waals surface area contributed by atoms with Crippen molar-refractivity contribution >= 4 is 35.0 Å². The van der Waals surface area contributed by atoms with E-state index in [2.05, 4.69) is 5.32 Å². The van der Waals surface area contributed by atoms with E-state index in [9.17, 15) is 9.59 Å². The highest BCUT2D eigenvalue weighted by Crippen LogP contribution is 2.28. The molecule has 1 fully saturated rings. The van der Waals surface area contributed by atoms with Crippen molar-refractivity contribution in [3.63, 3.8) is 0 Å². The molecule has 0 saturated heterocycles. The third-order valence-electron chi connectivity index (χ3n) is 7.13. The third-order valence-corrected chi connectivity index (χ3v) is 7.84. The second-order valence-corrected chi connectivity index (χ2v) is 10.6. The quantitative estimate of drug-likeness (QED) is 0.307. The Hall–Kier alpha value is -3.02. The van der Waals surface area contributed by atoms with Crippen LogP contribution in [-0.2, 0) is 29.0 Å². The summed E-state index contributed by atoms with van der Waals surface area (Å²) in [6.45, 7) is 0.128. The van der Waals surface area contributed by atoms with Crippen LogP contribution >= 0.6 is 23.2 Å². The number of hydrogen-bond donors (Lipinski definition) is 1. The second kappa shape index (κ2) is 13.7. The van der Waals surface area contributed by atoms with Gasteiger partial charge in [-0.1, -0.05) is 91.0 Å². The molecule has 1 saturated carbocycles. The molecule has 0 aromatic heterocycles. The molecule has 3 aromatic rings. The second-order valence-electron chi connectivity index (χ2n) is 9.80. The maximum atomic E-state index is 14.0. The summed E-state index contributed by atoms with van der Waals surface area (Å²) in [5.41, 5.74) is 2.43. The molecule has 3 aromatic carbocycles. The van der Waals surface area contributed by atoms with Gasteiger partial charge in [0.15, 0.2) is 0 Å². The van der Waals surface area contributed by atoms with Crippen molar-refractivity contribution in [2.75, 3.05) is 7.11 Å². The van der Waals surface area contributed by atoms with Crippen molar-refractivity contribution in [3.05, 3.63) is 99.5 Å². The third kappa shape index (κ3) is 7.52. The van der Waals surface area contributed by atoms with Crippen molar-refractivity contribution < 1.29 is 14.3 Å². The fourth-order valence-electron chi connectivity index (χ4n) is 4.97. The van der Waals surface area contributed by atoms with Crippen LogP contribution in [0.5, 0.6) is 5.75 Å². The lowest BCUT2D eigenvalue weighted by Crippen LogP contribution is -2.53. The average Bonchev–Trinajstić information content (AvgIpc) is 2.93. The monoisotopic (exact) mass is 552 g/mol. The Balaban J connectivity index is 1.68. The molecule has 1 aliphatic rings. The Bertz CT molecular complexity index is 1190. The molecule has 4 rings (SSSR count). The first kappa shape index (κ1) is 28.0. The molecule has 0 spiro atoms. The number of nitrogens with zero attached hydrogens (tertiary/aromatic N) is 1. The zero-order valence-electron chi connectivity index (χ0n) is 21.7. The van der Waals surface area contributed by atoms with E-state index < -0.39 is 6.04 Å². The maximum Gasteiger partial charge on any atom is 0.243 e. The smallest absolute Gasteiger partial charge is 0.243 e. The van der Waals surface area contributed by atoms with Crippen LogP contribution in [0.3, 0.4) is 0 Å². The van der Waals surface area contributed by atoms with Crippen LogP contribution in [0.1, 0.15) is 48.8 Å². The summed E-state index contributed by atoms with van der Waals surface area (Å²) in [7, 11) is 1.61. The van der Waals surface area contributed by atoms with E-state index in [1.165, 1.54) is 6.42 Å². The lowest BCUT2D eigenvalue weighted by atomic mass is 9.94. The van der Waals surface area contributed by atoms with Crippen molar-refractivity contribution in [2.45, 2.75) is 63.6 Å². The number of methoxy groups -OCH3 is 1. The lowest BCUT2D eigenvalue weighted by molar-refractivity contribution is -0.141. The molecule has 7 heteroatoms. The molecule has 0 heterocycles. The summed E-state index contributed by atoms with van der Waals surface area (Å²) < 4.78 is 5.26. The predicted octanol–water partition coefficient (Wildman–Crippen LogP) is 6.63. The van der Waals surface area contributed by atoms with Gasteiger partial charge in [-0.25, -0.2) is 0 Å². The van der Waals surface area contributed by atoms with Crippen molar-refractivity contribution in [1.82, 2.24) is 10.2 Å². The number of benzene rings is 3. The van der Waals surface area contributed by atoms with Gasteiger partial charge in [-0.3, -0.25) is 9.59 Å². The highest BCUT2D eigenvalue weighted by Gasteiger charge is 2.32. The minimum Gasteiger partial charge on any atom is -0.497 e. The molecule has 0 radical (unpaired) electrons. The van der Waals surface area contributed by atoms with Gasteiger partial charge in [-0.15, -0.1) is 0 Å². The molecule has 5 nitrogen and oxygen atoms in total. The molecular weight excluding hydrogens is 519 g/mol. The van der Waals surface area contributed by atoms with Gasteiger partial charge in [0.2, 0.25) is 11.8 Å². The van der Waals surface area contributed by atoms with E-state index >= 15 is 0 Å². The molecule has 1 N–H and O–H groups in total. The zero-order valence-corrected chi connectivity index (χ0v) is 23.2. The number of carbonyl (C=O) groups is 2. The molecular formula is C31H34Cl2N2O3. The summed E-state index contributed by atoms with van der Waals surface area (Å²) in [5, 5.41) is 4.18. The van der Waals surface area contributed by atoms with Crippen LogP contribution < -0.4 is 10.1 Å². The summed E-state index contributed by atoms with van der Waals surface area (Å²) in [6, 6.07) is 21.9. The van der Waals surface area contributed by atoms with Gasteiger partial charge < -0.3 is 15.0 Å². The number of amides is 2. The van der Waals surface area contributed by atoms with E-state index in [0.29, 0.717) is 22.0 Å². The highest BCUT2D eigenvalue weighted by atomic mass is 35.5. The number of ether oxygens (including phenoxy) is 1. The van der Waals surface area contributed by atoms with Crippen molar-refractivity contribution in [1.29, 1.82) is 0 Å². The van der Waals surface area contributed by atoms with E-state index in [1.54, 1.807) is 30.2 Å². The summed E-state index contributed by atoms with van der Waals surface area (Å²) >= 11 is 13.1. The standard InChI is InChI=1S/C31H34Cl2N2O3/c1-38-25-17-15-23(16-18-25)20-30(36)35(21-26-27(32)13-8-14-28(26)33)29(19-22-9-4-2-5-10-22)31(37)34-24-11-6-3-7-12-24/h2,4-5,8-10,13-18,24,29H,3,6-7,11-12,19-21H2,1H3,(H,34,37)/t29-/m1/s1. The normalized spacial score (nSPS) is 14.5. The van der Waals surface area contributed by atoms with Crippen LogP contribution in [0.15, 0.2) is 72.8 Å². The molecule has 2 amide bonds. The Labute approximate surface area is 235 Å². The molecule has 0 aliphatic heterocycles. The van der Waals surface area contributed by atoms with Gasteiger partial charge >= 0.3 is 0 Å². The molecule has 1 atom stereocenters. The Kier molecular flexibility index (Phi) is 10.1. The Morgan fingerprint density at radius 1 is 0.895 bits per heavy atom. The Morgan fingerprint density at radius 2 is 1.55 bits per heavy atom. The first-order valence-corrected chi connectivity index (χ1v) is 13.9. The number of carbonyl (C=O) groups excluding carboxylic acids is 2. The highest BCUT2D eigenvalue weighted by molar-refractivity contribution is 6.36. The van der Waals surface area contributed by atoms with E-state index in [4.69, 9.17) is 27.9 Å². The largest absolute Gasteiger partial charge is 0.497 e. The number of hydrogen-bond acceptors (Lipinski definition) is 3. The fourth-order valence-corrected chi connectivity index (χ4v) is 5.49. The average molecular weight is 554 g/mol. The molecule has 1 aliphatic carbocycles. The summed E-state index contributed by atoms with van der Waals surface area (Å²) in [4.78, 5) is 29.5. The van der Waals surface area contributed by atoms with Gasteiger partial charge in [-0.05, 0) is 48.2 Å².